The Labute approximate surface area is 122 Å². The number of nitrogens with zero attached hydrogens (tertiary/aromatic N) is 2. The number of carbonyl (C=O) groups is 1. The van der Waals surface area contributed by atoms with Crippen LogP contribution >= 0.6 is 0 Å². The van der Waals surface area contributed by atoms with Gasteiger partial charge in [0.2, 0.25) is 0 Å². The molecule has 0 saturated heterocycles. The van der Waals surface area contributed by atoms with Gasteiger partial charge in [0, 0.05) is 19.3 Å². The molecule has 0 aliphatic rings. The molecule has 1 N–H and O–H groups in total. The normalized spacial score (nSPS) is 10.8. The highest BCUT2D eigenvalue weighted by Gasteiger charge is 2.10. The van der Waals surface area contributed by atoms with Crippen molar-refractivity contribution in [2.24, 2.45) is 0 Å². The number of rotatable bonds is 6. The van der Waals surface area contributed by atoms with Crippen molar-refractivity contribution in [1.29, 1.82) is 0 Å². The maximum absolute atomic E-state index is 13.5. The standard InChI is InChI=1S/C16H17FN2O2/c1-2-19(11-15-5-3-4-6-18-15)10-12-7-13(16(20)21)9-14(17)8-12/h3-9H,2,10-11H2,1H3,(H,20,21). The van der Waals surface area contributed by atoms with Crippen LogP contribution < -0.4 is 0 Å². The lowest BCUT2D eigenvalue weighted by Gasteiger charge is -2.20. The molecule has 1 aromatic carbocycles. The molecular formula is C16H17FN2O2. The Morgan fingerprint density at radius 3 is 2.71 bits per heavy atom. The van der Waals surface area contributed by atoms with E-state index in [-0.39, 0.29) is 5.56 Å². The molecule has 5 heteroatoms. The average Bonchev–Trinajstić information content (AvgIpc) is 2.47. The summed E-state index contributed by atoms with van der Waals surface area (Å²) in [7, 11) is 0. The third-order valence-corrected chi connectivity index (χ3v) is 3.17. The van der Waals surface area contributed by atoms with Crippen molar-refractivity contribution in [1.82, 2.24) is 9.88 Å². The molecule has 0 bridgehead atoms. The van der Waals surface area contributed by atoms with E-state index in [1.807, 2.05) is 25.1 Å². The summed E-state index contributed by atoms with van der Waals surface area (Å²) in [4.78, 5) is 17.3. The van der Waals surface area contributed by atoms with Crippen LogP contribution in [0.1, 0.15) is 28.5 Å². The molecule has 0 aliphatic carbocycles. The number of carboxylic acid groups (broad SMARTS) is 1. The summed E-state index contributed by atoms with van der Waals surface area (Å²) in [6, 6.07) is 9.60. The van der Waals surface area contributed by atoms with Crippen LogP contribution in [0.15, 0.2) is 42.6 Å². The van der Waals surface area contributed by atoms with Crippen molar-refractivity contribution in [3.8, 4) is 0 Å². The van der Waals surface area contributed by atoms with Gasteiger partial charge in [-0.15, -0.1) is 0 Å². The number of benzene rings is 1. The van der Waals surface area contributed by atoms with Crippen molar-refractivity contribution in [3.63, 3.8) is 0 Å². The maximum atomic E-state index is 13.5. The van der Waals surface area contributed by atoms with Crippen molar-refractivity contribution < 1.29 is 14.3 Å². The van der Waals surface area contributed by atoms with Crippen molar-refractivity contribution in [2.75, 3.05) is 6.54 Å². The maximum Gasteiger partial charge on any atom is 0.335 e. The van der Waals surface area contributed by atoms with E-state index >= 15 is 0 Å². The smallest absolute Gasteiger partial charge is 0.335 e. The van der Waals surface area contributed by atoms with Gasteiger partial charge in [-0.05, 0) is 42.4 Å². The fraction of sp³-hybridized carbons (Fsp3) is 0.250. The molecular weight excluding hydrogens is 271 g/mol. The van der Waals surface area contributed by atoms with E-state index in [0.717, 1.165) is 18.3 Å². The fourth-order valence-electron chi connectivity index (χ4n) is 2.12. The molecule has 4 nitrogen and oxygen atoms in total. The predicted molar refractivity (Wildman–Crippen MR) is 77.4 cm³/mol. The Balaban J connectivity index is 2.13. The zero-order valence-electron chi connectivity index (χ0n) is 11.8. The van der Waals surface area contributed by atoms with Gasteiger partial charge in [0.25, 0.3) is 0 Å². The molecule has 0 fully saturated rings. The summed E-state index contributed by atoms with van der Waals surface area (Å²) < 4.78 is 13.5. The van der Waals surface area contributed by atoms with Crippen LogP contribution in [-0.2, 0) is 13.1 Å². The molecule has 2 aromatic rings. The molecule has 0 spiro atoms. The second-order valence-electron chi connectivity index (χ2n) is 4.78. The molecule has 2 rings (SSSR count). The van der Waals surface area contributed by atoms with Gasteiger partial charge in [-0.3, -0.25) is 9.88 Å². The molecule has 1 heterocycles. The van der Waals surface area contributed by atoms with Crippen LogP contribution in [-0.4, -0.2) is 27.5 Å². The van der Waals surface area contributed by atoms with E-state index in [4.69, 9.17) is 5.11 Å². The Morgan fingerprint density at radius 2 is 2.10 bits per heavy atom. The molecule has 0 saturated carbocycles. The molecule has 0 amide bonds. The highest BCUT2D eigenvalue weighted by molar-refractivity contribution is 5.87. The van der Waals surface area contributed by atoms with E-state index in [0.29, 0.717) is 18.7 Å². The number of pyridine rings is 1. The van der Waals surface area contributed by atoms with E-state index in [2.05, 4.69) is 9.88 Å². The van der Waals surface area contributed by atoms with Crippen molar-refractivity contribution in [3.05, 3.63) is 65.2 Å². The van der Waals surface area contributed by atoms with E-state index in [1.54, 1.807) is 6.20 Å². The monoisotopic (exact) mass is 288 g/mol. The molecule has 0 unspecified atom stereocenters. The Bertz CT molecular complexity index is 617. The van der Waals surface area contributed by atoms with Gasteiger partial charge in [-0.25, -0.2) is 9.18 Å². The van der Waals surface area contributed by atoms with Crippen LogP contribution in [0.25, 0.3) is 0 Å². The van der Waals surface area contributed by atoms with Gasteiger partial charge in [0.15, 0.2) is 0 Å². The number of carboxylic acids is 1. The lowest BCUT2D eigenvalue weighted by atomic mass is 10.1. The zero-order chi connectivity index (χ0) is 15.2. The predicted octanol–water partition coefficient (Wildman–Crippen LogP) is 2.94. The molecule has 0 aliphatic heterocycles. The van der Waals surface area contributed by atoms with Crippen LogP contribution in [0.3, 0.4) is 0 Å². The van der Waals surface area contributed by atoms with E-state index in [9.17, 15) is 9.18 Å². The first kappa shape index (κ1) is 15.1. The molecule has 21 heavy (non-hydrogen) atoms. The number of aromatic carboxylic acids is 1. The second-order valence-corrected chi connectivity index (χ2v) is 4.78. The van der Waals surface area contributed by atoms with Gasteiger partial charge in [-0.2, -0.15) is 0 Å². The van der Waals surface area contributed by atoms with Crippen molar-refractivity contribution >= 4 is 5.97 Å². The van der Waals surface area contributed by atoms with Crippen LogP contribution in [0.4, 0.5) is 4.39 Å². The Kier molecular flexibility index (Phi) is 5.00. The third-order valence-electron chi connectivity index (χ3n) is 3.17. The van der Waals surface area contributed by atoms with E-state index < -0.39 is 11.8 Å². The van der Waals surface area contributed by atoms with Crippen LogP contribution in [0.5, 0.6) is 0 Å². The number of hydrogen-bond acceptors (Lipinski definition) is 3. The first-order valence-electron chi connectivity index (χ1n) is 6.73. The minimum absolute atomic E-state index is 0.0288. The van der Waals surface area contributed by atoms with Crippen LogP contribution in [0, 0.1) is 5.82 Å². The molecule has 0 atom stereocenters. The Morgan fingerprint density at radius 1 is 1.29 bits per heavy atom. The quantitative estimate of drug-likeness (QED) is 0.888. The van der Waals surface area contributed by atoms with E-state index in [1.165, 1.54) is 12.1 Å². The lowest BCUT2D eigenvalue weighted by molar-refractivity contribution is 0.0696. The number of hydrogen-bond donors (Lipinski definition) is 1. The average molecular weight is 288 g/mol. The van der Waals surface area contributed by atoms with Gasteiger partial charge >= 0.3 is 5.97 Å². The summed E-state index contributed by atoms with van der Waals surface area (Å²) in [6.07, 6.45) is 1.73. The number of aromatic nitrogens is 1. The van der Waals surface area contributed by atoms with Crippen molar-refractivity contribution in [2.45, 2.75) is 20.0 Å². The number of halogens is 1. The second kappa shape index (κ2) is 6.95. The minimum atomic E-state index is -1.12. The molecule has 0 radical (unpaired) electrons. The van der Waals surface area contributed by atoms with Gasteiger partial charge in [0.05, 0.1) is 11.3 Å². The van der Waals surface area contributed by atoms with Gasteiger partial charge in [0.1, 0.15) is 5.82 Å². The summed E-state index contributed by atoms with van der Waals surface area (Å²) >= 11 is 0. The third kappa shape index (κ3) is 4.36. The summed E-state index contributed by atoms with van der Waals surface area (Å²) in [6.45, 7) is 3.87. The summed E-state index contributed by atoms with van der Waals surface area (Å²) in [5.41, 5.74) is 1.54. The zero-order valence-corrected chi connectivity index (χ0v) is 11.8. The SMILES string of the molecule is CCN(Cc1cc(F)cc(C(=O)O)c1)Cc1ccccn1. The highest BCUT2D eigenvalue weighted by atomic mass is 19.1. The largest absolute Gasteiger partial charge is 0.478 e. The van der Waals surface area contributed by atoms with Gasteiger partial charge in [-0.1, -0.05) is 13.0 Å². The first-order chi connectivity index (χ1) is 10.1. The minimum Gasteiger partial charge on any atom is -0.478 e. The fourth-order valence-corrected chi connectivity index (χ4v) is 2.12. The topological polar surface area (TPSA) is 53.4 Å². The van der Waals surface area contributed by atoms with Crippen LogP contribution in [0.2, 0.25) is 0 Å². The van der Waals surface area contributed by atoms with Gasteiger partial charge < -0.3 is 5.11 Å². The highest BCUT2D eigenvalue weighted by Crippen LogP contribution is 2.13. The molecule has 1 aromatic heterocycles. The molecule has 110 valence electrons. The summed E-state index contributed by atoms with van der Waals surface area (Å²) in [5, 5.41) is 8.97. The summed E-state index contributed by atoms with van der Waals surface area (Å²) in [5.74, 6) is -1.65. The first-order valence-corrected chi connectivity index (χ1v) is 6.73. The lowest BCUT2D eigenvalue weighted by Crippen LogP contribution is -2.23. The Hall–Kier alpha value is -2.27.